The van der Waals surface area contributed by atoms with E-state index in [2.05, 4.69) is 5.32 Å². The Labute approximate surface area is 131 Å². The van der Waals surface area contributed by atoms with E-state index >= 15 is 0 Å². The van der Waals surface area contributed by atoms with E-state index in [0.717, 1.165) is 26.7 Å². The molecule has 0 unspecified atom stereocenters. The second kappa shape index (κ2) is 6.27. The molecule has 0 spiro atoms. The van der Waals surface area contributed by atoms with Gasteiger partial charge in [0, 0.05) is 16.3 Å². The molecule has 2 rings (SSSR count). The van der Waals surface area contributed by atoms with Gasteiger partial charge in [0.1, 0.15) is 4.21 Å². The molecule has 5 nitrogen and oxygen atoms in total. The molecule has 2 aromatic rings. The Hall–Kier alpha value is -1.22. The number of sulfonamides is 1. The molecule has 1 amide bonds. The zero-order valence-electron chi connectivity index (χ0n) is 11.7. The van der Waals surface area contributed by atoms with Crippen LogP contribution in [0, 0.1) is 13.8 Å². The first-order valence-corrected chi connectivity index (χ1v) is 9.42. The first-order valence-electron chi connectivity index (χ1n) is 6.24. The minimum atomic E-state index is -3.64. The average Bonchev–Trinajstić information content (AvgIpc) is 2.97. The van der Waals surface area contributed by atoms with Gasteiger partial charge in [0.25, 0.3) is 5.91 Å². The fourth-order valence-corrected chi connectivity index (χ4v) is 4.45. The Balaban J connectivity index is 1.89. The van der Waals surface area contributed by atoms with Gasteiger partial charge in [0.15, 0.2) is 0 Å². The van der Waals surface area contributed by atoms with Crippen LogP contribution in [0.25, 0.3) is 0 Å². The van der Waals surface area contributed by atoms with E-state index in [0.29, 0.717) is 17.8 Å². The summed E-state index contributed by atoms with van der Waals surface area (Å²) in [5, 5.41) is 7.89. The first-order chi connectivity index (χ1) is 9.77. The maximum atomic E-state index is 12.0. The van der Waals surface area contributed by atoms with E-state index in [-0.39, 0.29) is 10.1 Å². The molecule has 21 heavy (non-hydrogen) atoms. The quantitative estimate of drug-likeness (QED) is 0.870. The van der Waals surface area contributed by atoms with E-state index in [1.54, 1.807) is 6.07 Å². The summed E-state index contributed by atoms with van der Waals surface area (Å²) in [5.41, 5.74) is 1.11. The molecule has 0 aliphatic heterocycles. The van der Waals surface area contributed by atoms with Gasteiger partial charge in [0.2, 0.25) is 10.0 Å². The van der Waals surface area contributed by atoms with Crippen LogP contribution in [0.2, 0.25) is 0 Å². The molecule has 0 aliphatic carbocycles. The number of carbonyl (C=O) groups is 1. The fourth-order valence-electron chi connectivity index (χ4n) is 1.72. The number of hydrogen-bond acceptors (Lipinski definition) is 5. The van der Waals surface area contributed by atoms with Gasteiger partial charge in [-0.25, -0.2) is 13.6 Å². The van der Waals surface area contributed by atoms with Crippen molar-refractivity contribution in [3.05, 3.63) is 38.4 Å². The maximum Gasteiger partial charge on any atom is 0.261 e. The molecule has 114 valence electrons. The molecule has 2 heterocycles. The highest BCUT2D eigenvalue weighted by Gasteiger charge is 2.12. The van der Waals surface area contributed by atoms with Crippen molar-refractivity contribution >= 4 is 38.6 Å². The molecule has 0 saturated carbocycles. The summed E-state index contributed by atoms with van der Waals surface area (Å²) in [7, 11) is -3.64. The topological polar surface area (TPSA) is 89.3 Å². The predicted octanol–water partition coefficient (Wildman–Crippen LogP) is 2.05. The number of nitrogens with one attached hydrogen (secondary N) is 1. The molecule has 0 saturated heterocycles. The van der Waals surface area contributed by atoms with Crippen LogP contribution in [0.5, 0.6) is 0 Å². The fraction of sp³-hybridized carbons (Fsp3) is 0.308. The standard InChI is InChI=1S/C13H16N2O3S3/c1-8-7-11(19-9(8)2)13(16)15-6-5-10-3-4-12(20-10)21(14,17)18/h3-4,7H,5-6H2,1-2H3,(H,15,16)(H2,14,17,18). The summed E-state index contributed by atoms with van der Waals surface area (Å²) in [5.74, 6) is -0.0978. The largest absolute Gasteiger partial charge is 0.351 e. The summed E-state index contributed by atoms with van der Waals surface area (Å²) in [6.45, 7) is 4.42. The van der Waals surface area contributed by atoms with Gasteiger partial charge < -0.3 is 5.32 Å². The third-order valence-corrected chi connectivity index (χ3v) is 6.70. The van der Waals surface area contributed by atoms with Crippen LogP contribution in [0.3, 0.4) is 0 Å². The summed E-state index contributed by atoms with van der Waals surface area (Å²) in [6.07, 6.45) is 0.579. The number of amides is 1. The smallest absolute Gasteiger partial charge is 0.261 e. The normalized spacial score (nSPS) is 11.6. The van der Waals surface area contributed by atoms with Gasteiger partial charge in [-0.05, 0) is 44.0 Å². The lowest BCUT2D eigenvalue weighted by Crippen LogP contribution is -2.24. The SMILES string of the molecule is Cc1cc(C(=O)NCCc2ccc(S(N)(=O)=O)s2)sc1C. The van der Waals surface area contributed by atoms with E-state index < -0.39 is 10.0 Å². The molecule has 0 atom stereocenters. The van der Waals surface area contributed by atoms with Crippen LogP contribution >= 0.6 is 22.7 Å². The number of rotatable bonds is 5. The third kappa shape index (κ3) is 4.13. The van der Waals surface area contributed by atoms with Crippen LogP contribution in [-0.4, -0.2) is 20.9 Å². The van der Waals surface area contributed by atoms with Gasteiger partial charge in [0.05, 0.1) is 4.88 Å². The Morgan fingerprint density at radius 2 is 2.00 bits per heavy atom. The summed E-state index contributed by atoms with van der Waals surface area (Å²) >= 11 is 2.60. The van der Waals surface area contributed by atoms with Crippen molar-refractivity contribution in [1.29, 1.82) is 0 Å². The number of nitrogens with two attached hydrogens (primary N) is 1. The summed E-state index contributed by atoms with van der Waals surface area (Å²) in [4.78, 5) is 14.7. The molecular weight excluding hydrogens is 328 g/mol. The van der Waals surface area contributed by atoms with Crippen molar-refractivity contribution in [2.24, 2.45) is 5.14 Å². The van der Waals surface area contributed by atoms with Crippen molar-refractivity contribution in [2.45, 2.75) is 24.5 Å². The van der Waals surface area contributed by atoms with Gasteiger partial charge in [-0.15, -0.1) is 22.7 Å². The first kappa shape index (κ1) is 16.2. The van der Waals surface area contributed by atoms with E-state index in [1.165, 1.54) is 17.4 Å². The maximum absolute atomic E-state index is 12.0. The van der Waals surface area contributed by atoms with Crippen LogP contribution in [0.4, 0.5) is 0 Å². The van der Waals surface area contributed by atoms with Gasteiger partial charge in [-0.1, -0.05) is 0 Å². The van der Waals surface area contributed by atoms with Crippen molar-refractivity contribution < 1.29 is 13.2 Å². The molecular formula is C13H16N2O3S3. The Kier molecular flexibility index (Phi) is 4.82. The minimum Gasteiger partial charge on any atom is -0.351 e. The predicted molar refractivity (Wildman–Crippen MR) is 85.5 cm³/mol. The summed E-state index contributed by atoms with van der Waals surface area (Å²) < 4.78 is 22.5. The second-order valence-corrected chi connectivity index (χ2v) is 8.83. The van der Waals surface area contributed by atoms with Crippen LogP contribution in [-0.2, 0) is 16.4 Å². The van der Waals surface area contributed by atoms with Crippen LogP contribution in [0.15, 0.2) is 22.4 Å². The number of aryl methyl sites for hydroxylation is 2. The van der Waals surface area contributed by atoms with Crippen molar-refractivity contribution in [1.82, 2.24) is 5.32 Å². The molecule has 0 radical (unpaired) electrons. The van der Waals surface area contributed by atoms with Crippen molar-refractivity contribution in [3.8, 4) is 0 Å². The number of primary sulfonamides is 1. The number of hydrogen-bond donors (Lipinski definition) is 2. The highest BCUT2D eigenvalue weighted by Crippen LogP contribution is 2.21. The van der Waals surface area contributed by atoms with E-state index in [1.807, 2.05) is 19.9 Å². The number of carbonyl (C=O) groups excluding carboxylic acids is 1. The molecule has 0 aromatic carbocycles. The molecule has 0 bridgehead atoms. The third-order valence-electron chi connectivity index (χ3n) is 2.96. The van der Waals surface area contributed by atoms with Gasteiger partial charge in [-0.2, -0.15) is 0 Å². The van der Waals surface area contributed by atoms with E-state index in [4.69, 9.17) is 5.14 Å². The molecule has 2 aromatic heterocycles. The van der Waals surface area contributed by atoms with Crippen LogP contribution in [0.1, 0.15) is 25.0 Å². The Bertz CT molecular complexity index is 740. The molecule has 0 aliphatic rings. The highest BCUT2D eigenvalue weighted by atomic mass is 32.2. The second-order valence-electron chi connectivity index (χ2n) is 4.62. The van der Waals surface area contributed by atoms with Crippen molar-refractivity contribution in [2.75, 3.05) is 6.54 Å². The zero-order valence-corrected chi connectivity index (χ0v) is 14.1. The monoisotopic (exact) mass is 344 g/mol. The molecule has 3 N–H and O–H groups in total. The average molecular weight is 344 g/mol. The van der Waals surface area contributed by atoms with Gasteiger partial charge in [-0.3, -0.25) is 4.79 Å². The zero-order chi connectivity index (χ0) is 15.6. The lowest BCUT2D eigenvalue weighted by Gasteiger charge is -2.01. The lowest BCUT2D eigenvalue weighted by atomic mass is 10.3. The lowest BCUT2D eigenvalue weighted by molar-refractivity contribution is 0.0958. The minimum absolute atomic E-state index is 0.0978. The Morgan fingerprint density at radius 1 is 1.29 bits per heavy atom. The molecule has 8 heteroatoms. The van der Waals surface area contributed by atoms with Gasteiger partial charge >= 0.3 is 0 Å². The van der Waals surface area contributed by atoms with E-state index in [9.17, 15) is 13.2 Å². The Morgan fingerprint density at radius 3 is 2.52 bits per heavy atom. The molecule has 0 fully saturated rings. The number of thiophene rings is 2. The highest BCUT2D eigenvalue weighted by molar-refractivity contribution is 7.91. The summed E-state index contributed by atoms with van der Waals surface area (Å²) in [6, 6.07) is 5.08. The van der Waals surface area contributed by atoms with Crippen molar-refractivity contribution in [3.63, 3.8) is 0 Å². The van der Waals surface area contributed by atoms with Crippen LogP contribution < -0.4 is 10.5 Å².